The van der Waals surface area contributed by atoms with Gasteiger partial charge in [-0.25, -0.2) is 9.59 Å². The molecule has 0 aromatic heterocycles. The van der Waals surface area contributed by atoms with Crippen LogP contribution in [0.15, 0.2) is 0 Å². The Morgan fingerprint density at radius 1 is 0.917 bits per heavy atom. The SMILES string of the molecule is CC(NC(=O)C1CCCN1C(=O)C(NC(=O)NC(C(=O)O)C(C)(C)C)C1CCCCC1)C(=O)C(N)=O. The molecule has 0 aromatic rings. The van der Waals surface area contributed by atoms with E-state index in [0.29, 0.717) is 32.2 Å². The van der Waals surface area contributed by atoms with Gasteiger partial charge in [0.1, 0.15) is 18.1 Å². The predicted molar refractivity (Wildman–Crippen MR) is 129 cm³/mol. The highest BCUT2D eigenvalue weighted by Crippen LogP contribution is 2.29. The fourth-order valence-corrected chi connectivity index (χ4v) is 4.88. The van der Waals surface area contributed by atoms with E-state index in [0.717, 1.165) is 19.3 Å². The molecular formula is C24H39N5O7. The number of nitrogens with zero attached hydrogens (tertiary/aromatic N) is 1. The second-order valence-corrected chi connectivity index (χ2v) is 10.8. The molecule has 5 amide bonds. The van der Waals surface area contributed by atoms with Crippen molar-refractivity contribution in [3.8, 4) is 0 Å². The molecule has 0 spiro atoms. The van der Waals surface area contributed by atoms with Crippen molar-refractivity contribution in [2.75, 3.05) is 6.54 Å². The second kappa shape index (κ2) is 12.2. The number of carboxylic acids is 1. The topological polar surface area (TPSA) is 188 Å². The summed E-state index contributed by atoms with van der Waals surface area (Å²) in [4.78, 5) is 75.4. The molecule has 0 aromatic carbocycles. The smallest absolute Gasteiger partial charge is 0.326 e. The van der Waals surface area contributed by atoms with E-state index >= 15 is 0 Å². The van der Waals surface area contributed by atoms with Crippen molar-refractivity contribution in [2.45, 2.75) is 96.8 Å². The number of rotatable bonds is 9. The summed E-state index contributed by atoms with van der Waals surface area (Å²) in [5.41, 5.74) is 4.24. The number of hydrogen-bond acceptors (Lipinski definition) is 6. The molecule has 12 nitrogen and oxygen atoms in total. The molecule has 4 unspecified atom stereocenters. The van der Waals surface area contributed by atoms with Gasteiger partial charge in [0.2, 0.25) is 17.6 Å². The third-order valence-corrected chi connectivity index (χ3v) is 6.90. The number of ketones is 1. The van der Waals surface area contributed by atoms with Crippen molar-refractivity contribution in [1.29, 1.82) is 0 Å². The van der Waals surface area contributed by atoms with Crippen LogP contribution in [0.1, 0.15) is 72.6 Å². The Kier molecular flexibility index (Phi) is 9.83. The molecule has 1 heterocycles. The Bertz CT molecular complexity index is 879. The largest absolute Gasteiger partial charge is 0.480 e. The number of hydrogen-bond donors (Lipinski definition) is 5. The number of Topliss-reactive ketones (excluding diaryl/α,β-unsaturated/α-hetero) is 1. The zero-order valence-corrected chi connectivity index (χ0v) is 21.5. The number of carbonyl (C=O) groups excluding carboxylic acids is 5. The van der Waals surface area contributed by atoms with E-state index in [1.807, 2.05) is 0 Å². The summed E-state index contributed by atoms with van der Waals surface area (Å²) in [6.07, 6.45) is 5.16. The number of carboxylic acid groups (broad SMARTS) is 1. The second-order valence-electron chi connectivity index (χ2n) is 10.8. The molecule has 1 saturated heterocycles. The van der Waals surface area contributed by atoms with E-state index < -0.39 is 65.1 Å². The Balaban J connectivity index is 2.20. The number of carbonyl (C=O) groups is 6. The quantitative estimate of drug-likeness (QED) is 0.276. The molecule has 2 aliphatic rings. The summed E-state index contributed by atoms with van der Waals surface area (Å²) >= 11 is 0. The summed E-state index contributed by atoms with van der Waals surface area (Å²) in [7, 11) is 0. The van der Waals surface area contributed by atoms with Crippen LogP contribution in [0.2, 0.25) is 0 Å². The van der Waals surface area contributed by atoms with Crippen LogP contribution in [0.3, 0.4) is 0 Å². The Morgan fingerprint density at radius 3 is 2.06 bits per heavy atom. The lowest BCUT2D eigenvalue weighted by Gasteiger charge is -2.35. The van der Waals surface area contributed by atoms with Gasteiger partial charge < -0.3 is 31.7 Å². The van der Waals surface area contributed by atoms with E-state index in [1.54, 1.807) is 20.8 Å². The standard InChI is InChI=1S/C24H39N5O7/c1-13(17(30)19(25)31)26-20(32)15-11-8-12-29(15)21(33)16(14-9-6-5-7-10-14)27-23(36)28-18(22(34)35)24(2,3)4/h13-16,18H,5-12H2,1-4H3,(H2,25,31)(H,26,32)(H,34,35)(H2,27,28,36). The Hall–Kier alpha value is -3.18. The van der Waals surface area contributed by atoms with Crippen molar-refractivity contribution in [1.82, 2.24) is 20.9 Å². The third kappa shape index (κ3) is 7.41. The van der Waals surface area contributed by atoms with Gasteiger partial charge in [0.15, 0.2) is 0 Å². The summed E-state index contributed by atoms with van der Waals surface area (Å²) in [6, 6.07) is -4.86. The van der Waals surface area contributed by atoms with Crippen LogP contribution in [0.5, 0.6) is 0 Å². The van der Waals surface area contributed by atoms with E-state index in [9.17, 15) is 33.9 Å². The Morgan fingerprint density at radius 2 is 1.53 bits per heavy atom. The van der Waals surface area contributed by atoms with Gasteiger partial charge in [-0.15, -0.1) is 0 Å². The van der Waals surface area contributed by atoms with Gasteiger partial charge in [-0.1, -0.05) is 40.0 Å². The minimum atomic E-state index is -1.19. The highest BCUT2D eigenvalue weighted by molar-refractivity contribution is 6.37. The average molecular weight is 510 g/mol. The molecule has 2 rings (SSSR count). The first-order valence-corrected chi connectivity index (χ1v) is 12.5. The molecule has 0 radical (unpaired) electrons. The van der Waals surface area contributed by atoms with Gasteiger partial charge in [0.25, 0.3) is 5.91 Å². The molecule has 0 bridgehead atoms. The monoisotopic (exact) mass is 509 g/mol. The first kappa shape index (κ1) is 29.1. The molecular weight excluding hydrogens is 470 g/mol. The fourth-order valence-electron chi connectivity index (χ4n) is 4.88. The van der Waals surface area contributed by atoms with Gasteiger partial charge in [0.05, 0.1) is 6.04 Å². The van der Waals surface area contributed by atoms with Crippen LogP contribution >= 0.6 is 0 Å². The molecule has 6 N–H and O–H groups in total. The number of likely N-dealkylation sites (tertiary alicyclic amines) is 1. The van der Waals surface area contributed by atoms with Crippen molar-refractivity contribution < 1.29 is 33.9 Å². The summed E-state index contributed by atoms with van der Waals surface area (Å²) < 4.78 is 0. The van der Waals surface area contributed by atoms with Gasteiger partial charge >= 0.3 is 12.0 Å². The zero-order valence-electron chi connectivity index (χ0n) is 21.5. The molecule has 1 aliphatic carbocycles. The normalized spacial score (nSPS) is 21.1. The maximum atomic E-state index is 13.7. The summed E-state index contributed by atoms with van der Waals surface area (Å²) in [5.74, 6) is -4.45. The Labute approximate surface area is 211 Å². The number of urea groups is 1. The van der Waals surface area contributed by atoms with Gasteiger partial charge in [-0.2, -0.15) is 0 Å². The van der Waals surface area contributed by atoms with E-state index in [2.05, 4.69) is 16.0 Å². The van der Waals surface area contributed by atoms with Crippen LogP contribution in [-0.4, -0.2) is 76.2 Å². The minimum absolute atomic E-state index is 0.158. The van der Waals surface area contributed by atoms with Crippen molar-refractivity contribution >= 4 is 35.5 Å². The first-order valence-electron chi connectivity index (χ1n) is 12.5. The predicted octanol–water partition coefficient (Wildman–Crippen LogP) is 0.284. The highest BCUT2D eigenvalue weighted by atomic mass is 16.4. The molecule has 36 heavy (non-hydrogen) atoms. The molecule has 1 aliphatic heterocycles. The van der Waals surface area contributed by atoms with Crippen LogP contribution in [-0.2, 0) is 24.0 Å². The summed E-state index contributed by atoms with van der Waals surface area (Å²) in [5, 5.41) is 17.2. The van der Waals surface area contributed by atoms with Crippen LogP contribution in [0, 0.1) is 11.3 Å². The number of aliphatic carboxylic acids is 1. The molecule has 2 fully saturated rings. The van der Waals surface area contributed by atoms with E-state index in [4.69, 9.17) is 5.73 Å². The van der Waals surface area contributed by atoms with Crippen molar-refractivity contribution in [2.24, 2.45) is 17.1 Å². The number of nitrogens with one attached hydrogen (secondary N) is 3. The van der Waals surface area contributed by atoms with Crippen molar-refractivity contribution in [3.63, 3.8) is 0 Å². The van der Waals surface area contributed by atoms with Gasteiger partial charge in [-0.3, -0.25) is 19.2 Å². The molecule has 12 heteroatoms. The zero-order chi connectivity index (χ0) is 27.2. The van der Waals surface area contributed by atoms with Gasteiger partial charge in [0, 0.05) is 6.54 Å². The third-order valence-electron chi connectivity index (χ3n) is 6.90. The van der Waals surface area contributed by atoms with Crippen LogP contribution < -0.4 is 21.7 Å². The van der Waals surface area contributed by atoms with E-state index in [-0.39, 0.29) is 5.92 Å². The van der Waals surface area contributed by atoms with Gasteiger partial charge in [-0.05, 0) is 43.9 Å². The van der Waals surface area contributed by atoms with Crippen LogP contribution in [0.25, 0.3) is 0 Å². The minimum Gasteiger partial charge on any atom is -0.480 e. The fraction of sp³-hybridized carbons (Fsp3) is 0.750. The number of nitrogens with two attached hydrogens (primary N) is 1. The maximum absolute atomic E-state index is 13.7. The first-order chi connectivity index (χ1) is 16.7. The number of amides is 5. The lowest BCUT2D eigenvalue weighted by molar-refractivity contribution is -0.142. The average Bonchev–Trinajstić information content (AvgIpc) is 3.29. The highest BCUT2D eigenvalue weighted by Gasteiger charge is 2.42. The molecule has 1 saturated carbocycles. The molecule has 202 valence electrons. The molecule has 4 atom stereocenters. The summed E-state index contributed by atoms with van der Waals surface area (Å²) in [6.45, 7) is 6.70. The van der Waals surface area contributed by atoms with E-state index in [1.165, 1.54) is 11.8 Å². The lowest BCUT2D eigenvalue weighted by Crippen LogP contribution is -2.60. The number of primary amides is 1. The van der Waals surface area contributed by atoms with Crippen molar-refractivity contribution in [3.05, 3.63) is 0 Å². The maximum Gasteiger partial charge on any atom is 0.326 e. The van der Waals surface area contributed by atoms with Crippen LogP contribution in [0.4, 0.5) is 4.79 Å². The lowest BCUT2D eigenvalue weighted by atomic mass is 9.83.